The Kier molecular flexibility index (Phi) is 3.72. The molecule has 0 saturated carbocycles. The largest absolute Gasteiger partial charge is 0.322 e. The molecule has 2 N–H and O–H groups in total. The topological polar surface area (TPSA) is 41.1 Å². The molecular weight excluding hydrogens is 272 g/mol. The number of rotatable bonds is 2. The Morgan fingerprint density at radius 3 is 2.90 bits per heavy atom. The molecule has 4 heteroatoms. The Hall–Kier alpha value is -1.84. The molecule has 0 unspecified atom stereocenters. The van der Waals surface area contributed by atoms with Crippen LogP contribution in [0.5, 0.6) is 0 Å². The standard InChI is InChI=1S/C16H15ClN2O/c17-14-3-1-2-12(8-14)16(20)19-15-5-4-11-6-7-18-10-13(11)9-15/h1-5,8-9,18H,6-7,10H2,(H,19,20). The van der Waals surface area contributed by atoms with Gasteiger partial charge in [0.25, 0.3) is 5.91 Å². The minimum Gasteiger partial charge on any atom is -0.322 e. The van der Waals surface area contributed by atoms with Crippen LogP contribution >= 0.6 is 11.6 Å². The molecule has 0 aromatic heterocycles. The van der Waals surface area contributed by atoms with E-state index in [1.54, 1.807) is 24.3 Å². The zero-order valence-corrected chi connectivity index (χ0v) is 11.7. The first kappa shape index (κ1) is 13.2. The van der Waals surface area contributed by atoms with Crippen LogP contribution in [0, 0.1) is 0 Å². The van der Waals surface area contributed by atoms with Gasteiger partial charge in [-0.1, -0.05) is 23.7 Å². The molecule has 1 aliphatic heterocycles. The highest BCUT2D eigenvalue weighted by Crippen LogP contribution is 2.20. The molecule has 3 rings (SSSR count). The molecule has 0 atom stereocenters. The van der Waals surface area contributed by atoms with Gasteiger partial charge in [-0.2, -0.15) is 0 Å². The van der Waals surface area contributed by atoms with Gasteiger partial charge < -0.3 is 10.6 Å². The number of nitrogens with one attached hydrogen (secondary N) is 2. The van der Waals surface area contributed by atoms with Crippen molar-refractivity contribution in [2.24, 2.45) is 0 Å². The number of amides is 1. The monoisotopic (exact) mass is 286 g/mol. The van der Waals surface area contributed by atoms with E-state index in [2.05, 4.69) is 16.7 Å². The van der Waals surface area contributed by atoms with Crippen LogP contribution in [0.2, 0.25) is 5.02 Å². The summed E-state index contributed by atoms with van der Waals surface area (Å²) in [5, 5.41) is 6.80. The van der Waals surface area contributed by atoms with Crippen molar-refractivity contribution in [2.75, 3.05) is 11.9 Å². The van der Waals surface area contributed by atoms with E-state index in [9.17, 15) is 4.79 Å². The van der Waals surface area contributed by atoms with Crippen molar-refractivity contribution in [3.05, 3.63) is 64.2 Å². The van der Waals surface area contributed by atoms with E-state index in [-0.39, 0.29) is 5.91 Å². The van der Waals surface area contributed by atoms with Gasteiger partial charge in [-0.25, -0.2) is 0 Å². The highest BCUT2D eigenvalue weighted by atomic mass is 35.5. The molecule has 1 aliphatic rings. The fourth-order valence-corrected chi connectivity index (χ4v) is 2.58. The first-order valence-corrected chi connectivity index (χ1v) is 6.99. The van der Waals surface area contributed by atoms with Gasteiger partial charge in [-0.3, -0.25) is 4.79 Å². The molecule has 1 heterocycles. The number of benzene rings is 2. The van der Waals surface area contributed by atoms with Gasteiger partial charge in [-0.15, -0.1) is 0 Å². The van der Waals surface area contributed by atoms with Crippen LogP contribution in [0.25, 0.3) is 0 Å². The average molecular weight is 287 g/mol. The molecular formula is C16H15ClN2O. The summed E-state index contributed by atoms with van der Waals surface area (Å²) in [5.74, 6) is -0.142. The molecule has 20 heavy (non-hydrogen) atoms. The number of hydrogen-bond acceptors (Lipinski definition) is 2. The van der Waals surface area contributed by atoms with Crippen molar-refractivity contribution < 1.29 is 4.79 Å². The first-order valence-electron chi connectivity index (χ1n) is 6.62. The van der Waals surface area contributed by atoms with Crippen LogP contribution in [0.1, 0.15) is 21.5 Å². The summed E-state index contributed by atoms with van der Waals surface area (Å²) in [7, 11) is 0. The van der Waals surface area contributed by atoms with E-state index < -0.39 is 0 Å². The van der Waals surface area contributed by atoms with Crippen LogP contribution in [0.4, 0.5) is 5.69 Å². The maximum absolute atomic E-state index is 12.1. The number of hydrogen-bond donors (Lipinski definition) is 2. The molecule has 0 spiro atoms. The maximum atomic E-state index is 12.1. The van der Waals surface area contributed by atoms with E-state index in [0.29, 0.717) is 10.6 Å². The van der Waals surface area contributed by atoms with Crippen LogP contribution in [0.3, 0.4) is 0 Å². The van der Waals surface area contributed by atoms with Crippen molar-refractivity contribution in [1.82, 2.24) is 5.32 Å². The smallest absolute Gasteiger partial charge is 0.255 e. The molecule has 1 amide bonds. The van der Waals surface area contributed by atoms with Gasteiger partial charge in [0.2, 0.25) is 0 Å². The fraction of sp³-hybridized carbons (Fsp3) is 0.188. The second kappa shape index (κ2) is 5.65. The number of halogens is 1. The molecule has 102 valence electrons. The van der Waals surface area contributed by atoms with E-state index in [1.165, 1.54) is 11.1 Å². The second-order valence-electron chi connectivity index (χ2n) is 4.87. The van der Waals surface area contributed by atoms with Gasteiger partial charge >= 0.3 is 0 Å². The Balaban J connectivity index is 1.79. The normalized spacial score (nSPS) is 13.7. The second-order valence-corrected chi connectivity index (χ2v) is 5.31. The van der Waals surface area contributed by atoms with Crippen molar-refractivity contribution in [3.63, 3.8) is 0 Å². The maximum Gasteiger partial charge on any atom is 0.255 e. The molecule has 0 fully saturated rings. The molecule has 3 nitrogen and oxygen atoms in total. The van der Waals surface area contributed by atoms with Crippen LogP contribution in [0.15, 0.2) is 42.5 Å². The van der Waals surface area contributed by atoms with Crippen LogP contribution in [-0.2, 0) is 13.0 Å². The number of anilines is 1. The lowest BCUT2D eigenvalue weighted by Gasteiger charge is -2.18. The van der Waals surface area contributed by atoms with E-state index >= 15 is 0 Å². The van der Waals surface area contributed by atoms with E-state index in [0.717, 1.165) is 25.2 Å². The Morgan fingerprint density at radius 1 is 1.15 bits per heavy atom. The van der Waals surface area contributed by atoms with Crippen molar-refractivity contribution in [1.29, 1.82) is 0 Å². The molecule has 0 aliphatic carbocycles. The molecule has 2 aromatic carbocycles. The van der Waals surface area contributed by atoms with Crippen LogP contribution in [-0.4, -0.2) is 12.5 Å². The Bertz CT molecular complexity index is 655. The number of fused-ring (bicyclic) bond motifs is 1. The minimum absolute atomic E-state index is 0.142. The summed E-state index contributed by atoms with van der Waals surface area (Å²) < 4.78 is 0. The SMILES string of the molecule is O=C(Nc1ccc2c(c1)CNCC2)c1cccc(Cl)c1. The average Bonchev–Trinajstić information content (AvgIpc) is 2.47. The van der Waals surface area contributed by atoms with E-state index in [4.69, 9.17) is 11.6 Å². The summed E-state index contributed by atoms with van der Waals surface area (Å²) in [6.45, 7) is 1.87. The van der Waals surface area contributed by atoms with Crippen molar-refractivity contribution >= 4 is 23.2 Å². The fourth-order valence-electron chi connectivity index (χ4n) is 2.39. The molecule has 0 radical (unpaired) electrons. The van der Waals surface area contributed by atoms with Gasteiger partial charge in [-0.05, 0) is 54.4 Å². The zero-order chi connectivity index (χ0) is 13.9. The van der Waals surface area contributed by atoms with Gasteiger partial charge in [0, 0.05) is 22.8 Å². The quantitative estimate of drug-likeness (QED) is 0.890. The predicted molar refractivity (Wildman–Crippen MR) is 81.3 cm³/mol. The molecule has 2 aromatic rings. The summed E-state index contributed by atoms with van der Waals surface area (Å²) in [5.41, 5.74) is 3.98. The van der Waals surface area contributed by atoms with Gasteiger partial charge in [0.15, 0.2) is 0 Å². The Morgan fingerprint density at radius 2 is 2.05 bits per heavy atom. The van der Waals surface area contributed by atoms with Crippen LogP contribution < -0.4 is 10.6 Å². The predicted octanol–water partition coefficient (Wildman–Crippen LogP) is 3.24. The first-order chi connectivity index (χ1) is 9.72. The molecule has 0 bridgehead atoms. The van der Waals surface area contributed by atoms with Gasteiger partial charge in [0.1, 0.15) is 0 Å². The lowest BCUT2D eigenvalue weighted by atomic mass is 10.0. The van der Waals surface area contributed by atoms with Crippen molar-refractivity contribution in [2.45, 2.75) is 13.0 Å². The third kappa shape index (κ3) is 2.84. The molecule has 0 saturated heterocycles. The lowest BCUT2D eigenvalue weighted by molar-refractivity contribution is 0.102. The third-order valence-electron chi connectivity index (χ3n) is 3.44. The van der Waals surface area contributed by atoms with Gasteiger partial charge in [0.05, 0.1) is 0 Å². The number of carbonyl (C=O) groups is 1. The summed E-state index contributed by atoms with van der Waals surface area (Å²) in [4.78, 5) is 12.1. The summed E-state index contributed by atoms with van der Waals surface area (Å²) >= 11 is 5.90. The summed E-state index contributed by atoms with van der Waals surface area (Å²) in [6, 6.07) is 13.0. The number of carbonyl (C=O) groups excluding carboxylic acids is 1. The summed E-state index contributed by atoms with van der Waals surface area (Å²) in [6.07, 6.45) is 1.04. The third-order valence-corrected chi connectivity index (χ3v) is 3.67. The zero-order valence-electron chi connectivity index (χ0n) is 10.9. The highest BCUT2D eigenvalue weighted by Gasteiger charge is 2.11. The minimum atomic E-state index is -0.142. The van der Waals surface area contributed by atoms with Crippen molar-refractivity contribution in [3.8, 4) is 0 Å². The highest BCUT2D eigenvalue weighted by molar-refractivity contribution is 6.31. The lowest BCUT2D eigenvalue weighted by Crippen LogP contribution is -2.23. The van der Waals surface area contributed by atoms with E-state index in [1.807, 2.05) is 12.1 Å². The Labute approximate surface area is 123 Å².